The van der Waals surface area contributed by atoms with Crippen LogP contribution in [0.4, 0.5) is 17.6 Å². The standard InChI is InChI=1S/C10H6ClF4N/c11-16-3-1-2-4(16)6-5(3)7(12)9(14)10(15)8(6)13/h3-4H,1-2H2/t3-,4+/i1D,2D/t1-,2+,3-,4+. The molecule has 0 saturated carbocycles. The Hall–Kier alpha value is -0.810. The summed E-state index contributed by atoms with van der Waals surface area (Å²) in [4.78, 5) is 0. The second-order valence-corrected chi connectivity index (χ2v) is 4.09. The van der Waals surface area contributed by atoms with Gasteiger partial charge in [0.2, 0.25) is 0 Å². The van der Waals surface area contributed by atoms with Gasteiger partial charge in [-0.15, -0.1) is 0 Å². The van der Waals surface area contributed by atoms with Gasteiger partial charge in [-0.2, -0.15) is 0 Å². The molecule has 1 saturated heterocycles. The molecule has 0 radical (unpaired) electrons. The predicted molar refractivity (Wildman–Crippen MR) is 48.7 cm³/mol. The Bertz CT molecular complexity index is 508. The molecule has 1 aromatic carbocycles. The number of hydrogen-bond donors (Lipinski definition) is 0. The van der Waals surface area contributed by atoms with Crippen molar-refractivity contribution in [2.45, 2.75) is 24.9 Å². The fourth-order valence-corrected chi connectivity index (χ4v) is 2.56. The van der Waals surface area contributed by atoms with Crippen LogP contribution in [0, 0.1) is 23.3 Å². The van der Waals surface area contributed by atoms with E-state index in [-0.39, 0.29) is 0 Å². The van der Waals surface area contributed by atoms with Crippen LogP contribution in [0.15, 0.2) is 0 Å². The molecule has 0 aromatic heterocycles. The van der Waals surface area contributed by atoms with Crippen LogP contribution in [0.25, 0.3) is 0 Å². The summed E-state index contributed by atoms with van der Waals surface area (Å²) in [7, 11) is 0. The average molecular weight is 254 g/mol. The summed E-state index contributed by atoms with van der Waals surface area (Å²) in [6, 6.07) is -2.25. The van der Waals surface area contributed by atoms with E-state index in [9.17, 15) is 17.6 Å². The van der Waals surface area contributed by atoms with Crippen molar-refractivity contribution in [3.8, 4) is 0 Å². The highest BCUT2D eigenvalue weighted by atomic mass is 35.5. The maximum absolute atomic E-state index is 13.7. The third kappa shape index (κ3) is 1.00. The van der Waals surface area contributed by atoms with Gasteiger partial charge in [-0.3, -0.25) is 0 Å². The zero-order chi connectivity index (χ0) is 13.4. The lowest BCUT2D eigenvalue weighted by Gasteiger charge is -2.15. The molecule has 4 atom stereocenters. The first-order chi connectivity index (χ1) is 8.37. The number of fused-ring (bicyclic) bond motifs is 5. The fourth-order valence-electron chi connectivity index (χ4n) is 2.23. The smallest absolute Gasteiger partial charge is 0.197 e. The molecule has 16 heavy (non-hydrogen) atoms. The van der Waals surface area contributed by atoms with Gasteiger partial charge < -0.3 is 0 Å². The molecule has 2 aliphatic heterocycles. The summed E-state index contributed by atoms with van der Waals surface area (Å²) in [5.74, 6) is -6.85. The largest absolute Gasteiger partial charge is 0.205 e. The lowest BCUT2D eigenvalue weighted by Crippen LogP contribution is -2.09. The van der Waals surface area contributed by atoms with Gasteiger partial charge in [0.25, 0.3) is 0 Å². The zero-order valence-corrected chi connectivity index (χ0v) is 8.40. The molecular weight excluding hydrogens is 246 g/mol. The van der Waals surface area contributed by atoms with Gasteiger partial charge in [-0.25, -0.2) is 22.0 Å². The van der Waals surface area contributed by atoms with Crippen LogP contribution in [-0.4, -0.2) is 4.42 Å². The molecule has 0 spiro atoms. The van der Waals surface area contributed by atoms with Gasteiger partial charge >= 0.3 is 0 Å². The maximum atomic E-state index is 13.7. The van der Waals surface area contributed by atoms with E-state index in [4.69, 9.17) is 14.5 Å². The minimum absolute atomic E-state index is 0.435. The molecule has 1 fully saturated rings. The monoisotopic (exact) mass is 253 g/mol. The van der Waals surface area contributed by atoms with Gasteiger partial charge in [0.1, 0.15) is 0 Å². The van der Waals surface area contributed by atoms with Crippen molar-refractivity contribution in [1.82, 2.24) is 4.42 Å². The number of rotatable bonds is 0. The normalized spacial score (nSPS) is 38.6. The van der Waals surface area contributed by atoms with Gasteiger partial charge in [0.05, 0.1) is 12.1 Å². The van der Waals surface area contributed by atoms with E-state index in [0.717, 1.165) is 4.42 Å². The molecule has 6 heteroatoms. The SMILES string of the molecule is [2H][C@@H]1[C@H]([2H])[C@H]2c3c(F)c(F)c(F)c(F)c3[C@@H]1N2Cl. The Kier molecular flexibility index (Phi) is 1.61. The predicted octanol–water partition coefficient (Wildman–Crippen LogP) is 3.59. The van der Waals surface area contributed by atoms with E-state index in [1.165, 1.54) is 0 Å². The third-order valence-electron chi connectivity index (χ3n) is 2.94. The van der Waals surface area contributed by atoms with Crippen LogP contribution in [-0.2, 0) is 0 Å². The Morgan fingerprint density at radius 2 is 1.31 bits per heavy atom. The number of benzene rings is 1. The highest BCUT2D eigenvalue weighted by molar-refractivity contribution is 6.14. The summed E-state index contributed by atoms with van der Waals surface area (Å²) >= 11 is 5.79. The first-order valence-electron chi connectivity index (χ1n) is 5.67. The lowest BCUT2D eigenvalue weighted by atomic mass is 9.90. The summed E-state index contributed by atoms with van der Waals surface area (Å²) < 4.78 is 69.9. The first-order valence-corrected chi connectivity index (χ1v) is 4.86. The minimum atomic E-state index is -1.91. The molecule has 1 aromatic rings. The summed E-state index contributed by atoms with van der Waals surface area (Å²) in [6.45, 7) is 0. The van der Waals surface area contributed by atoms with E-state index in [1.54, 1.807) is 0 Å². The molecular formula is C10H6ClF4N. The van der Waals surface area contributed by atoms with Crippen molar-refractivity contribution >= 4 is 11.8 Å². The maximum Gasteiger partial charge on any atom is 0.197 e. The summed E-state index contributed by atoms with van der Waals surface area (Å²) in [5, 5.41) is 0. The topological polar surface area (TPSA) is 3.24 Å². The van der Waals surface area contributed by atoms with E-state index >= 15 is 0 Å². The van der Waals surface area contributed by atoms with E-state index < -0.39 is 59.3 Å². The molecule has 86 valence electrons. The highest BCUT2D eigenvalue weighted by Crippen LogP contribution is 2.56. The van der Waals surface area contributed by atoms with Gasteiger partial charge in [-0.1, -0.05) is 0 Å². The van der Waals surface area contributed by atoms with Crippen molar-refractivity contribution in [1.29, 1.82) is 0 Å². The summed E-state index contributed by atoms with van der Waals surface area (Å²) in [5.41, 5.74) is -0.871. The molecule has 2 heterocycles. The van der Waals surface area contributed by atoms with Gasteiger partial charge in [0, 0.05) is 13.9 Å². The Labute approximate surface area is 96.5 Å². The number of hydrogen-bond acceptors (Lipinski definition) is 1. The second-order valence-electron chi connectivity index (χ2n) is 3.70. The van der Waals surface area contributed by atoms with Gasteiger partial charge in [0.15, 0.2) is 23.3 Å². The van der Waals surface area contributed by atoms with Crippen molar-refractivity contribution in [3.05, 3.63) is 34.4 Å². The van der Waals surface area contributed by atoms with Crippen molar-refractivity contribution in [2.75, 3.05) is 0 Å². The van der Waals surface area contributed by atoms with Crippen LogP contribution >= 0.6 is 11.8 Å². The lowest BCUT2D eigenvalue weighted by molar-refractivity contribution is 0.389. The van der Waals surface area contributed by atoms with Crippen LogP contribution in [0.2, 0.25) is 0 Å². The Balaban J connectivity index is 2.34. The molecule has 1 nitrogen and oxygen atoms in total. The third-order valence-corrected chi connectivity index (χ3v) is 3.36. The Morgan fingerprint density at radius 1 is 0.938 bits per heavy atom. The van der Waals surface area contributed by atoms with Gasteiger partial charge in [-0.05, 0) is 24.6 Å². The Morgan fingerprint density at radius 3 is 1.69 bits per heavy atom. The molecule has 0 unspecified atom stereocenters. The fraction of sp³-hybridized carbons (Fsp3) is 0.400. The average Bonchev–Trinajstić information content (AvgIpc) is 2.74. The molecule has 0 aliphatic carbocycles. The zero-order valence-electron chi connectivity index (χ0n) is 9.65. The van der Waals surface area contributed by atoms with E-state index in [2.05, 4.69) is 0 Å². The number of halogens is 5. The highest BCUT2D eigenvalue weighted by Gasteiger charge is 2.48. The van der Waals surface area contributed by atoms with Crippen LogP contribution < -0.4 is 0 Å². The quantitative estimate of drug-likeness (QED) is 0.296. The summed E-state index contributed by atoms with van der Waals surface area (Å²) in [6.07, 6.45) is -2.25. The second kappa shape index (κ2) is 3.11. The van der Waals surface area contributed by atoms with Crippen LogP contribution in [0.3, 0.4) is 0 Å². The minimum Gasteiger partial charge on any atom is -0.205 e. The van der Waals surface area contributed by atoms with Crippen LogP contribution in [0.1, 0.15) is 38.7 Å². The van der Waals surface area contributed by atoms with Crippen molar-refractivity contribution in [3.63, 3.8) is 0 Å². The van der Waals surface area contributed by atoms with E-state index in [1.807, 2.05) is 0 Å². The van der Waals surface area contributed by atoms with E-state index in [0.29, 0.717) is 0 Å². The molecule has 0 N–H and O–H groups in total. The first kappa shape index (κ1) is 8.31. The molecule has 3 rings (SSSR count). The van der Waals surface area contributed by atoms with Crippen molar-refractivity contribution in [2.24, 2.45) is 0 Å². The van der Waals surface area contributed by atoms with Crippen LogP contribution in [0.5, 0.6) is 0 Å². The number of nitrogens with zero attached hydrogens (tertiary/aromatic N) is 1. The van der Waals surface area contributed by atoms with Crippen molar-refractivity contribution < 1.29 is 20.3 Å². The molecule has 2 aliphatic rings. The molecule has 0 amide bonds. The molecule has 2 bridgehead atoms.